The second-order valence-corrected chi connectivity index (χ2v) is 3.55. The van der Waals surface area contributed by atoms with Crippen LogP contribution >= 0.6 is 11.6 Å². The Morgan fingerprint density at radius 3 is 2.47 bits per heavy atom. The second kappa shape index (κ2) is 5.77. The van der Waals surface area contributed by atoms with E-state index in [0.29, 0.717) is 5.56 Å². The van der Waals surface area contributed by atoms with Gasteiger partial charge in [-0.3, -0.25) is 5.32 Å². The summed E-state index contributed by atoms with van der Waals surface area (Å²) in [5.74, 6) is 0. The molecule has 0 aliphatic rings. The lowest BCUT2D eigenvalue weighted by Gasteiger charge is -2.14. The fraction of sp³-hybridized carbons (Fsp3) is 0.300. The number of carbonyl (C=O) groups is 1. The summed E-state index contributed by atoms with van der Waals surface area (Å²) in [5.41, 5.74) is -1.79. The molecule has 0 aromatic heterocycles. The van der Waals surface area contributed by atoms with Gasteiger partial charge in [0.05, 0.1) is 0 Å². The van der Waals surface area contributed by atoms with E-state index < -0.39 is 17.8 Å². The molecule has 7 heteroatoms. The van der Waals surface area contributed by atoms with Crippen molar-refractivity contribution < 1.29 is 22.7 Å². The standard InChI is InChI=1S/C10H9ClF3NO2/c11-8(10(12,13)14)15-9(16)17-6-7-4-2-1-3-5-7/h1-5,8H,6H2,(H,15,16). The molecule has 1 rings (SSSR count). The lowest BCUT2D eigenvalue weighted by Crippen LogP contribution is -2.41. The molecule has 17 heavy (non-hydrogen) atoms. The third-order valence-corrected chi connectivity index (χ3v) is 2.10. The third-order valence-electron chi connectivity index (χ3n) is 1.74. The summed E-state index contributed by atoms with van der Waals surface area (Å²) in [7, 11) is 0. The van der Waals surface area contributed by atoms with Crippen LogP contribution in [0.2, 0.25) is 0 Å². The minimum atomic E-state index is -4.70. The summed E-state index contributed by atoms with van der Waals surface area (Å²) in [6.07, 6.45) is -5.92. The van der Waals surface area contributed by atoms with Crippen LogP contribution in [0.1, 0.15) is 5.56 Å². The first-order valence-electron chi connectivity index (χ1n) is 4.57. The Morgan fingerprint density at radius 1 is 1.35 bits per heavy atom. The number of rotatable bonds is 3. The van der Waals surface area contributed by atoms with Gasteiger partial charge in [-0.2, -0.15) is 13.2 Å². The quantitative estimate of drug-likeness (QED) is 0.675. The molecule has 0 spiro atoms. The van der Waals surface area contributed by atoms with Crippen LogP contribution in [0.4, 0.5) is 18.0 Å². The largest absolute Gasteiger partial charge is 0.445 e. The van der Waals surface area contributed by atoms with E-state index in [1.807, 2.05) is 0 Å². The van der Waals surface area contributed by atoms with Gasteiger partial charge in [-0.25, -0.2) is 4.79 Å². The maximum Gasteiger partial charge on any atom is 0.422 e. The smallest absolute Gasteiger partial charge is 0.422 e. The highest BCUT2D eigenvalue weighted by atomic mass is 35.5. The molecule has 0 fully saturated rings. The molecule has 94 valence electrons. The van der Waals surface area contributed by atoms with Crippen molar-refractivity contribution in [3.63, 3.8) is 0 Å². The van der Waals surface area contributed by atoms with Gasteiger partial charge in [-0.05, 0) is 5.56 Å². The van der Waals surface area contributed by atoms with E-state index >= 15 is 0 Å². The van der Waals surface area contributed by atoms with Gasteiger partial charge in [0.2, 0.25) is 5.50 Å². The van der Waals surface area contributed by atoms with Gasteiger partial charge in [0.15, 0.2) is 0 Å². The molecule has 0 heterocycles. The van der Waals surface area contributed by atoms with E-state index in [4.69, 9.17) is 11.6 Å². The molecule has 0 saturated heterocycles. The molecule has 0 radical (unpaired) electrons. The van der Waals surface area contributed by atoms with E-state index in [-0.39, 0.29) is 6.61 Å². The number of alkyl halides is 4. The van der Waals surface area contributed by atoms with E-state index in [1.54, 1.807) is 30.3 Å². The summed E-state index contributed by atoms with van der Waals surface area (Å²) < 4.78 is 40.5. The Labute approximate surface area is 101 Å². The van der Waals surface area contributed by atoms with E-state index in [9.17, 15) is 18.0 Å². The summed E-state index contributed by atoms with van der Waals surface area (Å²) in [6, 6.07) is 8.56. The van der Waals surface area contributed by atoms with Gasteiger partial charge in [0.1, 0.15) is 6.61 Å². The zero-order valence-electron chi connectivity index (χ0n) is 8.50. The van der Waals surface area contributed by atoms with Crippen LogP contribution in [0, 0.1) is 0 Å². The van der Waals surface area contributed by atoms with Crippen LogP contribution in [-0.2, 0) is 11.3 Å². The van der Waals surface area contributed by atoms with Crippen LogP contribution in [0.25, 0.3) is 0 Å². The third kappa shape index (κ3) is 4.95. The maximum atomic E-state index is 12.0. The van der Waals surface area contributed by atoms with Crippen molar-refractivity contribution in [3.05, 3.63) is 35.9 Å². The molecule has 0 aliphatic carbocycles. The molecule has 1 atom stereocenters. The van der Waals surface area contributed by atoms with Gasteiger partial charge in [-0.1, -0.05) is 41.9 Å². The summed E-state index contributed by atoms with van der Waals surface area (Å²) in [4.78, 5) is 11.0. The molecular formula is C10H9ClF3NO2. The topological polar surface area (TPSA) is 38.3 Å². The average molecular weight is 268 g/mol. The Kier molecular flexibility index (Phi) is 4.62. The first-order chi connectivity index (χ1) is 7.89. The Balaban J connectivity index is 2.36. The number of hydrogen-bond donors (Lipinski definition) is 1. The number of alkyl carbamates (subject to hydrolysis) is 1. The second-order valence-electron chi connectivity index (χ2n) is 3.11. The predicted octanol–water partition coefficient (Wildman–Crippen LogP) is 3.04. The van der Waals surface area contributed by atoms with Crippen LogP contribution < -0.4 is 5.32 Å². The Bertz CT molecular complexity index is 370. The molecule has 0 bridgehead atoms. The number of nitrogens with one attached hydrogen (secondary N) is 1. The fourth-order valence-corrected chi connectivity index (χ4v) is 1.04. The number of ether oxygens (including phenoxy) is 1. The highest BCUT2D eigenvalue weighted by molar-refractivity contribution is 6.21. The van der Waals surface area contributed by atoms with Crippen LogP contribution in [0.3, 0.4) is 0 Å². The molecular weight excluding hydrogens is 259 g/mol. The number of hydrogen-bond acceptors (Lipinski definition) is 2. The predicted molar refractivity (Wildman–Crippen MR) is 55.5 cm³/mol. The first kappa shape index (κ1) is 13.6. The molecule has 1 N–H and O–H groups in total. The number of halogens is 4. The van der Waals surface area contributed by atoms with Crippen LogP contribution in [-0.4, -0.2) is 17.8 Å². The van der Waals surface area contributed by atoms with Gasteiger partial charge < -0.3 is 4.74 Å². The van der Waals surface area contributed by atoms with Crippen molar-refractivity contribution >= 4 is 17.7 Å². The van der Waals surface area contributed by atoms with E-state index in [1.165, 1.54) is 5.32 Å². The van der Waals surface area contributed by atoms with E-state index in [0.717, 1.165) is 0 Å². The van der Waals surface area contributed by atoms with Crippen molar-refractivity contribution in [1.82, 2.24) is 5.32 Å². The van der Waals surface area contributed by atoms with Crippen molar-refractivity contribution in [1.29, 1.82) is 0 Å². The molecule has 3 nitrogen and oxygen atoms in total. The maximum absolute atomic E-state index is 12.0. The van der Waals surface area contributed by atoms with Crippen molar-refractivity contribution in [3.8, 4) is 0 Å². The number of amides is 1. The normalized spacial score (nSPS) is 12.9. The van der Waals surface area contributed by atoms with Crippen molar-refractivity contribution in [2.75, 3.05) is 0 Å². The Morgan fingerprint density at radius 2 is 1.94 bits per heavy atom. The lowest BCUT2D eigenvalue weighted by molar-refractivity contribution is -0.135. The molecule has 1 aromatic carbocycles. The fourth-order valence-electron chi connectivity index (χ4n) is 0.950. The molecule has 1 amide bonds. The van der Waals surface area contributed by atoms with Crippen molar-refractivity contribution in [2.45, 2.75) is 18.3 Å². The Hall–Kier alpha value is -1.43. The van der Waals surface area contributed by atoms with Crippen LogP contribution in [0.5, 0.6) is 0 Å². The van der Waals surface area contributed by atoms with Crippen molar-refractivity contribution in [2.24, 2.45) is 0 Å². The zero-order valence-corrected chi connectivity index (χ0v) is 9.26. The SMILES string of the molecule is O=C(NC(Cl)C(F)(F)F)OCc1ccccc1. The molecule has 0 saturated carbocycles. The molecule has 0 aliphatic heterocycles. The average Bonchev–Trinajstić information content (AvgIpc) is 2.26. The monoisotopic (exact) mass is 267 g/mol. The summed E-state index contributed by atoms with van der Waals surface area (Å²) in [5, 5.41) is 1.47. The summed E-state index contributed by atoms with van der Waals surface area (Å²) >= 11 is 4.90. The van der Waals surface area contributed by atoms with E-state index in [2.05, 4.69) is 4.74 Å². The molecule has 1 aromatic rings. The first-order valence-corrected chi connectivity index (χ1v) is 5.01. The minimum absolute atomic E-state index is 0.117. The zero-order chi connectivity index (χ0) is 12.9. The molecule has 1 unspecified atom stereocenters. The van der Waals surface area contributed by atoms with Gasteiger partial charge in [0, 0.05) is 0 Å². The highest BCUT2D eigenvalue weighted by Gasteiger charge is 2.39. The number of benzene rings is 1. The van der Waals surface area contributed by atoms with Gasteiger partial charge in [0.25, 0.3) is 0 Å². The van der Waals surface area contributed by atoms with Crippen LogP contribution in [0.15, 0.2) is 30.3 Å². The van der Waals surface area contributed by atoms with Gasteiger partial charge in [-0.15, -0.1) is 0 Å². The highest BCUT2D eigenvalue weighted by Crippen LogP contribution is 2.22. The summed E-state index contributed by atoms with van der Waals surface area (Å²) in [6.45, 7) is -0.117. The lowest BCUT2D eigenvalue weighted by atomic mass is 10.2. The van der Waals surface area contributed by atoms with Gasteiger partial charge >= 0.3 is 12.3 Å². The number of carbonyl (C=O) groups excluding carboxylic acids is 1. The minimum Gasteiger partial charge on any atom is -0.445 e.